The van der Waals surface area contributed by atoms with E-state index in [2.05, 4.69) is 21.6 Å². The molecule has 8 heteroatoms. The molecule has 27 heavy (non-hydrogen) atoms. The third-order valence-electron chi connectivity index (χ3n) is 4.74. The van der Waals surface area contributed by atoms with Crippen molar-refractivity contribution in [3.8, 4) is 23.2 Å². The molecule has 1 amide bonds. The fourth-order valence-corrected chi connectivity index (χ4v) is 3.85. The van der Waals surface area contributed by atoms with Crippen molar-refractivity contribution in [1.82, 2.24) is 20.1 Å². The maximum Gasteiger partial charge on any atom is 0.231 e. The van der Waals surface area contributed by atoms with Crippen molar-refractivity contribution in [1.29, 1.82) is 5.26 Å². The molecule has 1 aromatic heterocycles. The Hall–Kier alpha value is -2.53. The molecule has 0 saturated heterocycles. The van der Waals surface area contributed by atoms with E-state index >= 15 is 0 Å². The fraction of sp³-hybridized carbons (Fsp3) is 0.474. The zero-order valence-corrected chi connectivity index (χ0v) is 16.5. The molecule has 1 fully saturated rings. The van der Waals surface area contributed by atoms with Gasteiger partial charge in [0.2, 0.25) is 5.91 Å². The molecule has 3 rings (SSSR count). The molecule has 0 aliphatic heterocycles. The van der Waals surface area contributed by atoms with Gasteiger partial charge in [-0.1, -0.05) is 23.9 Å². The molecule has 1 aliphatic rings. The van der Waals surface area contributed by atoms with E-state index in [-0.39, 0.29) is 17.6 Å². The Balaban J connectivity index is 1.72. The highest BCUT2D eigenvalue weighted by molar-refractivity contribution is 7.99. The topological polar surface area (TPSA) is 92.8 Å². The van der Waals surface area contributed by atoms with Gasteiger partial charge in [-0.15, -0.1) is 10.2 Å². The zero-order valence-electron chi connectivity index (χ0n) is 15.7. The lowest BCUT2D eigenvalue weighted by atomic mass is 9.98. The average Bonchev–Trinajstić information content (AvgIpc) is 3.47. The molecule has 7 nitrogen and oxygen atoms in total. The maximum atomic E-state index is 12.3. The smallest absolute Gasteiger partial charge is 0.231 e. The molecule has 1 aromatic carbocycles. The number of carbonyl (C=O) groups is 1. The van der Waals surface area contributed by atoms with Gasteiger partial charge in [0.1, 0.15) is 11.3 Å². The fourth-order valence-electron chi connectivity index (χ4n) is 3.05. The minimum Gasteiger partial charge on any atom is -0.496 e. The van der Waals surface area contributed by atoms with E-state index < -0.39 is 5.54 Å². The second-order valence-electron chi connectivity index (χ2n) is 6.68. The maximum absolute atomic E-state index is 12.3. The second-order valence-corrected chi connectivity index (χ2v) is 7.62. The van der Waals surface area contributed by atoms with E-state index in [1.165, 1.54) is 11.8 Å². The van der Waals surface area contributed by atoms with Crippen molar-refractivity contribution in [3.63, 3.8) is 0 Å². The van der Waals surface area contributed by atoms with Crippen LogP contribution >= 0.6 is 11.8 Å². The number of hydrogen-bond donors (Lipinski definition) is 1. The number of carbonyl (C=O) groups excluding carboxylic acids is 1. The summed E-state index contributed by atoms with van der Waals surface area (Å²) in [4.78, 5) is 12.3. The number of methoxy groups -OCH3 is 1. The number of thioether (sulfide) groups is 1. The van der Waals surface area contributed by atoms with Gasteiger partial charge in [0.15, 0.2) is 11.0 Å². The van der Waals surface area contributed by atoms with E-state index in [4.69, 9.17) is 4.74 Å². The lowest BCUT2D eigenvalue weighted by Gasteiger charge is -2.22. The minimum absolute atomic E-state index is 0.166. The summed E-state index contributed by atoms with van der Waals surface area (Å²) in [5, 5.41) is 21.5. The molecular formula is C19H23N5O2S. The Morgan fingerprint density at radius 2 is 2.19 bits per heavy atom. The summed E-state index contributed by atoms with van der Waals surface area (Å²) in [5.41, 5.74) is 0.0787. The molecule has 1 aliphatic carbocycles. The van der Waals surface area contributed by atoms with Crippen LogP contribution in [-0.4, -0.2) is 39.1 Å². The van der Waals surface area contributed by atoms with Gasteiger partial charge < -0.3 is 14.6 Å². The van der Waals surface area contributed by atoms with Gasteiger partial charge in [-0.25, -0.2) is 0 Å². The van der Waals surface area contributed by atoms with Crippen LogP contribution in [-0.2, 0) is 11.3 Å². The molecule has 0 radical (unpaired) electrons. The average molecular weight is 385 g/mol. The Bertz CT molecular complexity index is 871. The molecule has 0 spiro atoms. The van der Waals surface area contributed by atoms with E-state index in [0.717, 1.165) is 24.2 Å². The monoisotopic (exact) mass is 385 g/mol. The van der Waals surface area contributed by atoms with Crippen LogP contribution in [0.25, 0.3) is 11.4 Å². The van der Waals surface area contributed by atoms with Crippen LogP contribution in [0.2, 0.25) is 0 Å². The third-order valence-corrected chi connectivity index (χ3v) is 5.71. The summed E-state index contributed by atoms with van der Waals surface area (Å²) in [6.45, 7) is 4.47. The normalized spacial score (nSPS) is 15.6. The van der Waals surface area contributed by atoms with Crippen LogP contribution in [0, 0.1) is 17.2 Å². The number of aromatic nitrogens is 3. The summed E-state index contributed by atoms with van der Waals surface area (Å²) in [6, 6.07) is 9.88. The first-order valence-corrected chi connectivity index (χ1v) is 9.92. The summed E-state index contributed by atoms with van der Waals surface area (Å²) in [5.74, 6) is 1.71. The van der Waals surface area contributed by atoms with Gasteiger partial charge in [-0.3, -0.25) is 4.79 Å². The Morgan fingerprint density at radius 3 is 2.81 bits per heavy atom. The second kappa shape index (κ2) is 8.01. The molecule has 2 aromatic rings. The first-order valence-electron chi connectivity index (χ1n) is 8.94. The van der Waals surface area contributed by atoms with Gasteiger partial charge >= 0.3 is 0 Å². The van der Waals surface area contributed by atoms with Crippen LogP contribution in [0.15, 0.2) is 29.4 Å². The van der Waals surface area contributed by atoms with E-state index in [1.807, 2.05) is 35.8 Å². The number of nitrogens with zero attached hydrogens (tertiary/aromatic N) is 4. The number of benzene rings is 1. The van der Waals surface area contributed by atoms with Crippen LogP contribution in [0.5, 0.6) is 5.75 Å². The van der Waals surface area contributed by atoms with Crippen molar-refractivity contribution in [2.45, 2.75) is 43.9 Å². The Morgan fingerprint density at radius 1 is 1.44 bits per heavy atom. The molecule has 1 N–H and O–H groups in total. The lowest BCUT2D eigenvalue weighted by molar-refractivity contribution is -0.119. The molecular weight excluding hydrogens is 362 g/mol. The summed E-state index contributed by atoms with van der Waals surface area (Å²) < 4.78 is 7.38. The van der Waals surface area contributed by atoms with Crippen molar-refractivity contribution >= 4 is 17.7 Å². The highest BCUT2D eigenvalue weighted by Crippen LogP contribution is 2.39. The summed E-state index contributed by atoms with van der Waals surface area (Å²) in [6.07, 6.45) is 1.98. The van der Waals surface area contributed by atoms with Crippen LogP contribution in [0.4, 0.5) is 0 Å². The minimum atomic E-state index is -0.779. The van der Waals surface area contributed by atoms with E-state index in [9.17, 15) is 10.1 Å². The lowest BCUT2D eigenvalue weighted by Crippen LogP contribution is -2.47. The first-order chi connectivity index (χ1) is 13.0. The van der Waals surface area contributed by atoms with Gasteiger partial charge in [-0.05, 0) is 44.7 Å². The first kappa shape index (κ1) is 19.2. The third kappa shape index (κ3) is 4.08. The van der Waals surface area contributed by atoms with Crippen LogP contribution < -0.4 is 10.1 Å². The van der Waals surface area contributed by atoms with Gasteiger partial charge in [0, 0.05) is 6.54 Å². The summed E-state index contributed by atoms with van der Waals surface area (Å²) >= 11 is 1.32. The quantitative estimate of drug-likeness (QED) is 0.703. The number of hydrogen-bond acceptors (Lipinski definition) is 6. The van der Waals surface area contributed by atoms with Crippen molar-refractivity contribution in [2.75, 3.05) is 12.9 Å². The largest absolute Gasteiger partial charge is 0.496 e. The summed E-state index contributed by atoms with van der Waals surface area (Å²) in [7, 11) is 1.62. The predicted molar refractivity (Wildman–Crippen MR) is 103 cm³/mol. The molecule has 1 saturated carbocycles. The van der Waals surface area contributed by atoms with Gasteiger partial charge in [-0.2, -0.15) is 5.26 Å². The molecule has 142 valence electrons. The highest BCUT2D eigenvalue weighted by Gasteiger charge is 2.43. The van der Waals surface area contributed by atoms with Crippen LogP contribution in [0.3, 0.4) is 0 Å². The highest BCUT2D eigenvalue weighted by atomic mass is 32.2. The number of ether oxygens (including phenoxy) is 1. The van der Waals surface area contributed by atoms with Gasteiger partial charge in [0.25, 0.3) is 0 Å². The standard InChI is InChI=1S/C19H23N5O2S/c1-4-24-17(14-7-5-6-8-15(14)26-3)22-23-18(24)27-11-16(25)21-19(2,12-20)13-9-10-13/h5-8,13H,4,9-11H2,1-3H3,(H,21,25)/t19-/m1/s1. The predicted octanol–water partition coefficient (Wildman–Crippen LogP) is 2.87. The molecule has 1 heterocycles. The van der Waals surface area contributed by atoms with Crippen molar-refractivity contribution in [3.05, 3.63) is 24.3 Å². The van der Waals surface area contributed by atoms with Crippen molar-refractivity contribution < 1.29 is 9.53 Å². The Labute approximate surface area is 163 Å². The van der Waals surface area contributed by atoms with E-state index in [0.29, 0.717) is 17.5 Å². The van der Waals surface area contributed by atoms with E-state index in [1.54, 1.807) is 14.0 Å². The number of nitriles is 1. The van der Waals surface area contributed by atoms with Gasteiger partial charge in [0.05, 0.1) is 24.5 Å². The Kier molecular flexibility index (Phi) is 5.71. The number of amides is 1. The number of nitrogens with one attached hydrogen (secondary N) is 1. The number of para-hydroxylation sites is 1. The molecule has 1 atom stereocenters. The zero-order chi connectivity index (χ0) is 19.4. The molecule has 0 unspecified atom stereocenters. The number of rotatable bonds is 8. The van der Waals surface area contributed by atoms with Crippen molar-refractivity contribution in [2.24, 2.45) is 5.92 Å². The molecule has 0 bridgehead atoms. The SMILES string of the molecule is CCn1c(SCC(=O)N[C@](C)(C#N)C2CC2)nnc1-c1ccccc1OC. The van der Waals surface area contributed by atoms with Crippen LogP contribution in [0.1, 0.15) is 26.7 Å².